The molecule has 0 aromatic rings. The maximum atomic E-state index is 5.95. The second-order valence-corrected chi connectivity index (χ2v) is 6.36. The van der Waals surface area contributed by atoms with E-state index < -0.39 is 0 Å². The summed E-state index contributed by atoms with van der Waals surface area (Å²) < 4.78 is 5.95. The van der Waals surface area contributed by atoms with Gasteiger partial charge in [0.25, 0.3) is 0 Å². The first-order chi connectivity index (χ1) is 8.11. The Morgan fingerprint density at radius 2 is 2.11 bits per heavy atom. The predicted molar refractivity (Wildman–Crippen MR) is 78.3 cm³/mol. The molecule has 0 amide bonds. The van der Waals surface area contributed by atoms with Gasteiger partial charge in [0.05, 0.1) is 6.61 Å². The van der Waals surface area contributed by atoms with E-state index >= 15 is 0 Å². The topological polar surface area (TPSA) is 24.5 Å². The molecule has 4 heteroatoms. The van der Waals surface area contributed by atoms with Crippen LogP contribution in [0.15, 0.2) is 0 Å². The van der Waals surface area contributed by atoms with Gasteiger partial charge >= 0.3 is 0 Å². The molecule has 0 saturated carbocycles. The first-order valence-corrected chi connectivity index (χ1v) is 7.20. The summed E-state index contributed by atoms with van der Waals surface area (Å²) in [4.78, 5) is 2.62. The molecule has 0 aliphatic carbocycles. The normalized spacial score (nSPS) is 32.8. The van der Waals surface area contributed by atoms with Crippen LogP contribution in [0.3, 0.4) is 0 Å². The monoisotopic (exact) mass is 276 g/mol. The Balaban J connectivity index is 0.00000162. The highest BCUT2D eigenvalue weighted by Crippen LogP contribution is 2.25. The van der Waals surface area contributed by atoms with Gasteiger partial charge in [0.15, 0.2) is 0 Å². The number of nitrogens with zero attached hydrogens (tertiary/aromatic N) is 1. The molecule has 2 rings (SSSR count). The van der Waals surface area contributed by atoms with E-state index in [1.54, 1.807) is 0 Å². The molecule has 18 heavy (non-hydrogen) atoms. The Kier molecular flexibility index (Phi) is 6.39. The van der Waals surface area contributed by atoms with Crippen LogP contribution < -0.4 is 5.32 Å². The molecule has 1 N–H and O–H groups in total. The van der Waals surface area contributed by atoms with Gasteiger partial charge in [0, 0.05) is 24.4 Å². The zero-order valence-corrected chi connectivity index (χ0v) is 12.9. The lowest BCUT2D eigenvalue weighted by Gasteiger charge is -2.40. The number of ether oxygens (including phenoxy) is 1. The summed E-state index contributed by atoms with van der Waals surface area (Å²) in [6, 6.07) is 0.729. The van der Waals surface area contributed by atoms with E-state index in [2.05, 4.69) is 31.0 Å². The third kappa shape index (κ3) is 4.37. The molecule has 0 bridgehead atoms. The molecular formula is C14H29ClN2O. The number of nitrogens with one attached hydrogen (secondary N) is 1. The van der Waals surface area contributed by atoms with E-state index in [0.717, 1.165) is 25.6 Å². The molecule has 0 aromatic carbocycles. The van der Waals surface area contributed by atoms with Gasteiger partial charge in [-0.25, -0.2) is 0 Å². The highest BCUT2D eigenvalue weighted by Gasteiger charge is 2.30. The van der Waals surface area contributed by atoms with Crippen molar-refractivity contribution in [3.05, 3.63) is 0 Å². The maximum Gasteiger partial charge on any atom is 0.109 e. The lowest BCUT2D eigenvalue weighted by Crippen LogP contribution is -2.51. The standard InChI is InChI=1S/C14H28N2O.ClH/c1-4-16-8-6-5-7-12(16)9-13-15-10-14(2,3)11-17-13;/h12-13,15H,4-11H2,1-3H3;1H. The maximum absolute atomic E-state index is 5.95. The Morgan fingerprint density at radius 3 is 2.72 bits per heavy atom. The third-order valence-corrected chi connectivity index (χ3v) is 4.12. The fraction of sp³-hybridized carbons (Fsp3) is 1.00. The Bertz CT molecular complexity index is 238. The Morgan fingerprint density at radius 1 is 1.33 bits per heavy atom. The van der Waals surface area contributed by atoms with Crippen molar-refractivity contribution in [1.82, 2.24) is 10.2 Å². The fourth-order valence-electron chi connectivity index (χ4n) is 2.97. The van der Waals surface area contributed by atoms with Crippen molar-refractivity contribution in [3.63, 3.8) is 0 Å². The predicted octanol–water partition coefficient (Wildman–Crippen LogP) is 2.64. The summed E-state index contributed by atoms with van der Waals surface area (Å²) in [5.41, 5.74) is 0.299. The number of hydrogen-bond acceptors (Lipinski definition) is 3. The smallest absolute Gasteiger partial charge is 0.109 e. The van der Waals surface area contributed by atoms with Gasteiger partial charge in [-0.05, 0) is 25.9 Å². The van der Waals surface area contributed by atoms with Gasteiger partial charge in [-0.15, -0.1) is 12.4 Å². The van der Waals surface area contributed by atoms with Crippen molar-refractivity contribution in [1.29, 1.82) is 0 Å². The third-order valence-electron chi connectivity index (χ3n) is 4.12. The van der Waals surface area contributed by atoms with Crippen molar-refractivity contribution in [2.75, 3.05) is 26.2 Å². The summed E-state index contributed by atoms with van der Waals surface area (Å²) in [5.74, 6) is 0. The lowest BCUT2D eigenvalue weighted by atomic mass is 9.92. The second-order valence-electron chi connectivity index (χ2n) is 6.36. The SMILES string of the molecule is CCN1CCCCC1CC1NCC(C)(C)CO1.Cl. The first kappa shape index (κ1) is 16.2. The van der Waals surface area contributed by atoms with E-state index in [4.69, 9.17) is 4.74 Å². The van der Waals surface area contributed by atoms with Crippen LogP contribution >= 0.6 is 12.4 Å². The van der Waals surface area contributed by atoms with E-state index in [0.29, 0.717) is 5.41 Å². The number of rotatable bonds is 3. The van der Waals surface area contributed by atoms with Crippen LogP contribution in [-0.4, -0.2) is 43.4 Å². The van der Waals surface area contributed by atoms with Gasteiger partial charge in [0.2, 0.25) is 0 Å². The number of likely N-dealkylation sites (tertiary alicyclic amines) is 1. The van der Waals surface area contributed by atoms with Crippen LogP contribution in [0, 0.1) is 5.41 Å². The molecule has 2 aliphatic rings. The molecule has 0 spiro atoms. The van der Waals surface area contributed by atoms with Crippen molar-refractivity contribution < 1.29 is 4.74 Å². The van der Waals surface area contributed by atoms with Crippen molar-refractivity contribution in [3.8, 4) is 0 Å². The van der Waals surface area contributed by atoms with E-state index in [9.17, 15) is 0 Å². The fourth-order valence-corrected chi connectivity index (χ4v) is 2.97. The molecule has 0 radical (unpaired) electrons. The van der Waals surface area contributed by atoms with E-state index in [1.165, 1.54) is 32.4 Å². The van der Waals surface area contributed by atoms with Gasteiger partial charge < -0.3 is 9.64 Å². The van der Waals surface area contributed by atoms with Crippen molar-refractivity contribution >= 4 is 12.4 Å². The summed E-state index contributed by atoms with van der Waals surface area (Å²) in [5, 5.41) is 3.55. The van der Waals surface area contributed by atoms with Crippen LogP contribution in [-0.2, 0) is 4.74 Å². The molecule has 2 aliphatic heterocycles. The minimum atomic E-state index is 0. The molecule has 3 nitrogen and oxygen atoms in total. The van der Waals surface area contributed by atoms with Crippen LogP contribution in [0.1, 0.15) is 46.5 Å². The summed E-state index contributed by atoms with van der Waals surface area (Å²) >= 11 is 0. The summed E-state index contributed by atoms with van der Waals surface area (Å²) in [6.07, 6.45) is 5.54. The zero-order valence-electron chi connectivity index (χ0n) is 12.1. The molecular weight excluding hydrogens is 248 g/mol. The number of piperidine rings is 1. The molecule has 2 saturated heterocycles. The van der Waals surface area contributed by atoms with Crippen LogP contribution in [0.4, 0.5) is 0 Å². The largest absolute Gasteiger partial charge is 0.363 e. The van der Waals surface area contributed by atoms with Crippen LogP contribution in [0.25, 0.3) is 0 Å². The quantitative estimate of drug-likeness (QED) is 0.858. The molecule has 2 atom stereocenters. The van der Waals surface area contributed by atoms with Gasteiger partial charge in [-0.3, -0.25) is 5.32 Å². The lowest BCUT2D eigenvalue weighted by molar-refractivity contribution is -0.0730. The highest BCUT2D eigenvalue weighted by molar-refractivity contribution is 5.85. The van der Waals surface area contributed by atoms with Crippen molar-refractivity contribution in [2.45, 2.75) is 58.7 Å². The average molecular weight is 277 g/mol. The Hall–Kier alpha value is 0.170. The summed E-state index contributed by atoms with van der Waals surface area (Å²) in [6.45, 7) is 11.2. The van der Waals surface area contributed by atoms with Crippen LogP contribution in [0.5, 0.6) is 0 Å². The molecule has 108 valence electrons. The number of halogens is 1. The first-order valence-electron chi connectivity index (χ1n) is 7.20. The van der Waals surface area contributed by atoms with E-state index in [1.807, 2.05) is 0 Å². The van der Waals surface area contributed by atoms with Gasteiger partial charge in [-0.2, -0.15) is 0 Å². The minimum absolute atomic E-state index is 0. The molecule has 2 fully saturated rings. The Labute approximate surface area is 118 Å². The minimum Gasteiger partial charge on any atom is -0.363 e. The van der Waals surface area contributed by atoms with Gasteiger partial charge in [-0.1, -0.05) is 27.2 Å². The molecule has 2 unspecified atom stereocenters. The van der Waals surface area contributed by atoms with Gasteiger partial charge in [0.1, 0.15) is 6.23 Å². The zero-order chi connectivity index (χ0) is 12.3. The molecule has 0 aromatic heterocycles. The second kappa shape index (κ2) is 7.09. The van der Waals surface area contributed by atoms with E-state index in [-0.39, 0.29) is 18.6 Å². The number of hydrogen-bond donors (Lipinski definition) is 1. The molecule has 2 heterocycles. The van der Waals surface area contributed by atoms with Crippen molar-refractivity contribution in [2.24, 2.45) is 5.41 Å². The highest BCUT2D eigenvalue weighted by atomic mass is 35.5. The summed E-state index contributed by atoms with van der Waals surface area (Å²) in [7, 11) is 0. The van der Waals surface area contributed by atoms with Crippen LogP contribution in [0.2, 0.25) is 0 Å². The average Bonchev–Trinajstić information content (AvgIpc) is 2.32.